The molecule has 0 spiro atoms. The molecule has 1 aromatic heterocycles. The van der Waals surface area contributed by atoms with E-state index in [9.17, 15) is 14.7 Å². The number of aryl methyl sites for hydroxylation is 1. The summed E-state index contributed by atoms with van der Waals surface area (Å²) in [4.78, 5) is 28.0. The van der Waals surface area contributed by atoms with Crippen LogP contribution >= 0.6 is 11.3 Å². The number of hydrogen-bond donors (Lipinski definition) is 1. The molecule has 0 amide bonds. The second-order valence-corrected chi connectivity index (χ2v) is 12.9. The van der Waals surface area contributed by atoms with E-state index < -0.39 is 11.6 Å². The zero-order valence-electron chi connectivity index (χ0n) is 23.6. The molecule has 6 rings (SSSR count). The molecule has 3 aliphatic heterocycles. The average molecular weight is 577 g/mol. The minimum absolute atomic E-state index is 0.132. The third kappa shape index (κ3) is 5.34. The lowest BCUT2D eigenvalue weighted by Gasteiger charge is -2.48. The minimum Gasteiger partial charge on any atom is -0.466 e. The molecule has 4 heterocycles. The molecule has 3 aliphatic rings. The van der Waals surface area contributed by atoms with Crippen LogP contribution in [0.15, 0.2) is 72.8 Å². The van der Waals surface area contributed by atoms with Gasteiger partial charge in [-0.25, -0.2) is 4.79 Å². The second-order valence-electron chi connectivity index (χ2n) is 11.7. The number of rotatable bonds is 11. The lowest BCUT2D eigenvalue weighted by molar-refractivity contribution is -0.968. The Bertz CT molecular complexity index is 1320. The van der Waals surface area contributed by atoms with Crippen LogP contribution in [0.3, 0.4) is 0 Å². The number of carbonyl (C=O) groups excluding carboxylic acids is 2. The number of esters is 2. The molecule has 8 heteroatoms. The van der Waals surface area contributed by atoms with Gasteiger partial charge in [-0.05, 0) is 43.0 Å². The van der Waals surface area contributed by atoms with Crippen molar-refractivity contribution in [1.29, 1.82) is 0 Å². The number of epoxide rings is 1. The average Bonchev–Trinajstić information content (AvgIpc) is 3.62. The summed E-state index contributed by atoms with van der Waals surface area (Å²) in [6.07, 6.45) is 3.64. The first-order valence-electron chi connectivity index (χ1n) is 14.6. The Labute approximate surface area is 245 Å². The summed E-state index contributed by atoms with van der Waals surface area (Å²) < 4.78 is 18.1. The van der Waals surface area contributed by atoms with Crippen molar-refractivity contribution in [2.24, 2.45) is 0 Å². The van der Waals surface area contributed by atoms with Crippen molar-refractivity contribution >= 4 is 23.3 Å². The van der Waals surface area contributed by atoms with Crippen molar-refractivity contribution in [1.82, 2.24) is 0 Å². The minimum atomic E-state index is -1.88. The van der Waals surface area contributed by atoms with Crippen LogP contribution in [0.5, 0.6) is 0 Å². The van der Waals surface area contributed by atoms with Crippen LogP contribution in [0.4, 0.5) is 0 Å². The Hall–Kier alpha value is -3.04. The highest BCUT2D eigenvalue weighted by Crippen LogP contribution is 2.54. The summed E-state index contributed by atoms with van der Waals surface area (Å²) >= 11 is 1.82. The van der Waals surface area contributed by atoms with Gasteiger partial charge in [0, 0.05) is 24.1 Å². The van der Waals surface area contributed by atoms with Crippen molar-refractivity contribution in [3.05, 3.63) is 93.7 Å². The van der Waals surface area contributed by atoms with Crippen LogP contribution in [-0.2, 0) is 42.4 Å². The van der Waals surface area contributed by atoms with E-state index in [0.29, 0.717) is 37.0 Å². The maximum absolute atomic E-state index is 13.7. The first-order chi connectivity index (χ1) is 19.8. The summed E-state index contributed by atoms with van der Waals surface area (Å²) in [5.74, 6) is -0.761. The van der Waals surface area contributed by atoms with E-state index in [1.807, 2.05) is 54.7 Å². The molecule has 3 fully saturated rings. The Morgan fingerprint density at radius 1 is 0.951 bits per heavy atom. The van der Waals surface area contributed by atoms with Gasteiger partial charge < -0.3 is 23.8 Å². The highest BCUT2D eigenvalue weighted by Gasteiger charge is 2.72. The zero-order chi connectivity index (χ0) is 28.6. The number of ether oxygens (including phenoxy) is 3. The Morgan fingerprint density at radius 2 is 1.54 bits per heavy atom. The topological polar surface area (TPSA) is 85.4 Å². The van der Waals surface area contributed by atoms with Gasteiger partial charge in [0.1, 0.15) is 36.9 Å². The van der Waals surface area contributed by atoms with Gasteiger partial charge >= 0.3 is 11.9 Å². The number of carbonyl (C=O) groups is 2. The molecule has 0 aliphatic carbocycles. The highest BCUT2D eigenvalue weighted by atomic mass is 32.1. The number of piperidine rings is 1. The zero-order valence-corrected chi connectivity index (χ0v) is 24.4. The number of fused-ring (bicyclic) bond motifs is 5. The maximum Gasteiger partial charge on any atom is 0.347 e. The van der Waals surface area contributed by atoms with Crippen molar-refractivity contribution in [3.63, 3.8) is 0 Å². The van der Waals surface area contributed by atoms with Crippen LogP contribution in [0.1, 0.15) is 53.5 Å². The van der Waals surface area contributed by atoms with Gasteiger partial charge in [0.2, 0.25) is 5.60 Å². The van der Waals surface area contributed by atoms with E-state index in [-0.39, 0.29) is 36.4 Å². The van der Waals surface area contributed by atoms with Crippen LogP contribution in [0, 0.1) is 0 Å². The SMILES string of the molecule is CCOC(=O)CCCc1ccc(C[N+]2(C)[C@@H]3C[C@@H](OC(=O)C(O)(c4ccccc4)c4ccccc4)C[C@H]2[C@@H]2O[C@@H]23)s1. The maximum atomic E-state index is 13.7. The van der Waals surface area contributed by atoms with Crippen molar-refractivity contribution in [2.45, 2.75) is 81.6 Å². The highest BCUT2D eigenvalue weighted by molar-refractivity contribution is 7.11. The fourth-order valence-electron chi connectivity index (χ4n) is 7.00. The van der Waals surface area contributed by atoms with E-state index in [1.165, 1.54) is 9.75 Å². The number of aliphatic hydroxyl groups is 1. The van der Waals surface area contributed by atoms with Gasteiger partial charge in [-0.2, -0.15) is 0 Å². The molecule has 1 unspecified atom stereocenters. The Balaban J connectivity index is 1.13. The van der Waals surface area contributed by atoms with Gasteiger partial charge in [-0.15, -0.1) is 11.3 Å². The van der Waals surface area contributed by atoms with E-state index >= 15 is 0 Å². The molecule has 0 saturated carbocycles. The molecule has 3 aromatic rings. The summed E-state index contributed by atoms with van der Waals surface area (Å²) in [6, 6.07) is 22.9. The quantitative estimate of drug-likeness (QED) is 0.202. The van der Waals surface area contributed by atoms with Crippen LogP contribution in [-0.4, -0.2) is 65.6 Å². The fraction of sp³-hybridized carbons (Fsp3) is 0.455. The van der Waals surface area contributed by atoms with E-state index in [4.69, 9.17) is 14.2 Å². The van der Waals surface area contributed by atoms with Gasteiger partial charge in [0.05, 0.1) is 18.5 Å². The summed E-state index contributed by atoms with van der Waals surface area (Å²) in [7, 11) is 2.31. The van der Waals surface area contributed by atoms with Crippen LogP contribution in [0.2, 0.25) is 0 Å². The van der Waals surface area contributed by atoms with Crippen molar-refractivity contribution < 1.29 is 33.4 Å². The summed E-state index contributed by atoms with van der Waals surface area (Å²) in [5.41, 5.74) is -0.882. The smallest absolute Gasteiger partial charge is 0.347 e. The first-order valence-corrected chi connectivity index (χ1v) is 15.4. The molecule has 3 saturated heterocycles. The van der Waals surface area contributed by atoms with Gasteiger partial charge in [-0.3, -0.25) is 4.79 Å². The molecule has 216 valence electrons. The molecular formula is C33H38NO6S+. The summed E-state index contributed by atoms with van der Waals surface area (Å²) in [5, 5.41) is 11.9. The van der Waals surface area contributed by atoms with Crippen LogP contribution in [0.25, 0.3) is 0 Å². The van der Waals surface area contributed by atoms with Crippen molar-refractivity contribution in [3.8, 4) is 0 Å². The molecule has 7 nitrogen and oxygen atoms in total. The first kappa shape index (κ1) is 28.1. The second kappa shape index (κ2) is 11.3. The lowest BCUT2D eigenvalue weighted by atomic mass is 9.86. The molecular weight excluding hydrogens is 538 g/mol. The fourth-order valence-corrected chi connectivity index (χ4v) is 8.20. The molecule has 1 N–H and O–H groups in total. The normalized spacial score (nSPS) is 28.1. The van der Waals surface area contributed by atoms with Gasteiger partial charge in [-0.1, -0.05) is 60.7 Å². The number of morpholine rings is 1. The standard InChI is InChI=1S/C33H38NO6S/c1-3-38-29(35)16-10-15-25-17-18-26(41-25)21-34(2)27-19-24(20-28(34)31-30(27)40-31)39-32(36)33(37,22-11-6-4-7-12-22)23-13-8-5-9-14-23/h4-9,11-14,17-18,24,27-28,30-31,37H,3,10,15-16,19-21H2,1-2H3/q+1/t24-,27-,28+,30-,31+,34?. The number of nitrogens with zero attached hydrogens (tertiary/aromatic N) is 1. The van der Waals surface area contributed by atoms with Gasteiger partial charge in [0.15, 0.2) is 0 Å². The van der Waals surface area contributed by atoms with E-state index in [0.717, 1.165) is 23.9 Å². The molecule has 2 bridgehead atoms. The molecule has 0 radical (unpaired) electrons. The van der Waals surface area contributed by atoms with E-state index in [1.54, 1.807) is 24.3 Å². The van der Waals surface area contributed by atoms with Crippen LogP contribution < -0.4 is 0 Å². The molecule has 2 aromatic carbocycles. The number of likely N-dealkylation sites (N-methyl/N-ethyl adjacent to an activating group) is 1. The summed E-state index contributed by atoms with van der Waals surface area (Å²) in [6.45, 7) is 3.16. The Kier molecular flexibility index (Phi) is 7.76. The monoisotopic (exact) mass is 576 g/mol. The molecule has 41 heavy (non-hydrogen) atoms. The third-order valence-corrected chi connectivity index (χ3v) is 10.2. The largest absolute Gasteiger partial charge is 0.466 e. The number of quaternary nitrogens is 1. The molecule has 6 atom stereocenters. The predicted octanol–water partition coefficient (Wildman–Crippen LogP) is 4.74. The Morgan fingerprint density at radius 3 is 2.12 bits per heavy atom. The predicted molar refractivity (Wildman–Crippen MR) is 155 cm³/mol. The number of benzene rings is 2. The number of thiophene rings is 1. The number of hydrogen-bond acceptors (Lipinski definition) is 7. The van der Waals surface area contributed by atoms with E-state index in [2.05, 4.69) is 19.2 Å². The van der Waals surface area contributed by atoms with Crippen molar-refractivity contribution in [2.75, 3.05) is 13.7 Å². The third-order valence-electron chi connectivity index (χ3n) is 9.12. The van der Waals surface area contributed by atoms with Gasteiger partial charge in [0.25, 0.3) is 0 Å². The lowest BCUT2D eigenvalue weighted by Crippen LogP contribution is -2.62.